The van der Waals surface area contributed by atoms with E-state index in [0.717, 1.165) is 57.5 Å². The van der Waals surface area contributed by atoms with Gasteiger partial charge in [-0.3, -0.25) is 9.80 Å². The van der Waals surface area contributed by atoms with E-state index in [-0.39, 0.29) is 42.0 Å². The molecule has 1 saturated carbocycles. The van der Waals surface area contributed by atoms with Gasteiger partial charge in [0.25, 0.3) is 0 Å². The molecule has 4 aromatic rings. The van der Waals surface area contributed by atoms with Crippen molar-refractivity contribution in [3.63, 3.8) is 0 Å². The number of carbonyl (C=O) groups is 1. The molecule has 430 valence electrons. The number of fused-ring (bicyclic) bond motifs is 2. The van der Waals surface area contributed by atoms with Crippen LogP contribution >= 0.6 is 0 Å². The number of likely N-dealkylation sites (tertiary alicyclic amines) is 2. The average Bonchev–Trinajstić information content (AvgIpc) is 4.32. The maximum absolute atomic E-state index is 13.5. The summed E-state index contributed by atoms with van der Waals surface area (Å²) in [6.45, 7) is 11.8. The first-order valence-corrected chi connectivity index (χ1v) is 26.6. The molecule has 1 aliphatic carbocycles. The zero-order chi connectivity index (χ0) is 57.9. The fourth-order valence-electron chi connectivity index (χ4n) is 11.2. The largest absolute Gasteiger partial charge is 0.494 e. The van der Waals surface area contributed by atoms with Gasteiger partial charge in [0.1, 0.15) is 24.7 Å². The summed E-state index contributed by atoms with van der Waals surface area (Å²) in [6.07, 6.45) is -10.2. The molecule has 5 aliphatic heterocycles. The molecule has 8 nitrogen and oxygen atoms in total. The van der Waals surface area contributed by atoms with Crippen molar-refractivity contribution in [2.75, 3.05) is 39.4 Å². The number of alkyl halides is 12. The maximum Gasteiger partial charge on any atom is 0.494 e. The summed E-state index contributed by atoms with van der Waals surface area (Å²) < 4.78 is 185. The Labute approximate surface area is 456 Å². The number of nitrogens with zero attached hydrogens (tertiary/aromatic N) is 2. The molecule has 0 atom stereocenters. The van der Waals surface area contributed by atoms with Crippen molar-refractivity contribution >= 4 is 36.3 Å². The Morgan fingerprint density at radius 2 is 1.00 bits per heavy atom. The van der Waals surface area contributed by atoms with E-state index >= 15 is 0 Å². The van der Waals surface area contributed by atoms with E-state index in [9.17, 15) is 62.6 Å². The van der Waals surface area contributed by atoms with Crippen LogP contribution in [0.1, 0.15) is 123 Å². The SMILES string of the molecule is CC(C(=O)O)=C(c1ccc2c(c1)C=C(C1CCN(Cc3cc(C(F)(F)F)ccc3C(F)(F)F)CC1)CO2)C1CC1.CC1(C)OB(c2ccc3c(c2)C=C(C2CCN(Cc4cc(C(F)(F)F)ccc4C(F)(F)F)CC2)CO3)OC1(C)C. The van der Waals surface area contributed by atoms with Gasteiger partial charge in [0.15, 0.2) is 0 Å². The number of carboxylic acids is 1. The molecule has 0 bridgehead atoms. The summed E-state index contributed by atoms with van der Waals surface area (Å²) in [5, 5.41) is 9.56. The van der Waals surface area contributed by atoms with Crippen LogP contribution in [0.3, 0.4) is 0 Å². The van der Waals surface area contributed by atoms with Crippen molar-refractivity contribution in [2.45, 2.75) is 122 Å². The van der Waals surface area contributed by atoms with E-state index < -0.39 is 71.2 Å². The summed E-state index contributed by atoms with van der Waals surface area (Å²) in [5.74, 6) is 1.04. The van der Waals surface area contributed by atoms with Crippen LogP contribution in [0.15, 0.2) is 89.5 Å². The number of rotatable bonds is 10. The highest BCUT2D eigenvalue weighted by Gasteiger charge is 2.52. The van der Waals surface area contributed by atoms with Crippen LogP contribution in [0, 0.1) is 17.8 Å². The van der Waals surface area contributed by atoms with E-state index in [2.05, 4.69) is 12.2 Å². The summed E-state index contributed by atoms with van der Waals surface area (Å²) in [7, 11) is -0.505. The lowest BCUT2D eigenvalue weighted by Gasteiger charge is -2.35. The molecule has 6 aliphatic rings. The molecular weight excluding hydrogens is 1070 g/mol. The number of benzene rings is 4. The molecule has 4 fully saturated rings. The van der Waals surface area contributed by atoms with Crippen LogP contribution in [0.5, 0.6) is 11.5 Å². The van der Waals surface area contributed by atoms with Crippen LogP contribution in [-0.2, 0) is 51.9 Å². The van der Waals surface area contributed by atoms with Gasteiger partial charge in [0.2, 0.25) is 0 Å². The summed E-state index contributed by atoms with van der Waals surface area (Å²) in [5.41, 5.74) is 0.934. The third-order valence-electron chi connectivity index (χ3n) is 16.5. The molecule has 0 unspecified atom stereocenters. The first-order chi connectivity index (χ1) is 37.3. The number of aliphatic carboxylic acids is 1. The zero-order valence-corrected chi connectivity index (χ0v) is 44.7. The van der Waals surface area contributed by atoms with Gasteiger partial charge in [-0.15, -0.1) is 0 Å². The lowest BCUT2D eigenvalue weighted by atomic mass is 9.77. The second-order valence-corrected chi connectivity index (χ2v) is 22.6. The van der Waals surface area contributed by atoms with Gasteiger partial charge in [-0.1, -0.05) is 18.2 Å². The van der Waals surface area contributed by atoms with E-state index in [0.29, 0.717) is 113 Å². The molecule has 0 spiro atoms. The highest BCUT2D eigenvalue weighted by atomic mass is 19.4. The Bertz CT molecular complexity index is 3050. The van der Waals surface area contributed by atoms with Crippen LogP contribution in [0.2, 0.25) is 0 Å². The number of allylic oxidation sites excluding steroid dienone is 1. The highest BCUT2D eigenvalue weighted by Crippen LogP contribution is 2.46. The average molecular weight is 1130 g/mol. The smallest absolute Gasteiger partial charge is 0.489 e. The third kappa shape index (κ3) is 13.3. The van der Waals surface area contributed by atoms with Crippen LogP contribution in [0.25, 0.3) is 17.7 Å². The van der Waals surface area contributed by atoms with E-state index in [4.69, 9.17) is 18.8 Å². The van der Waals surface area contributed by atoms with E-state index in [1.165, 1.54) is 0 Å². The number of hydrogen-bond acceptors (Lipinski definition) is 7. The number of hydrogen-bond donors (Lipinski definition) is 1. The van der Waals surface area contributed by atoms with Crippen LogP contribution in [0.4, 0.5) is 52.7 Å². The Hall–Kier alpha value is -5.77. The second-order valence-electron chi connectivity index (χ2n) is 22.6. The Morgan fingerprint density at radius 3 is 1.40 bits per heavy atom. The third-order valence-corrected chi connectivity index (χ3v) is 16.5. The van der Waals surface area contributed by atoms with Crippen molar-refractivity contribution in [1.82, 2.24) is 9.80 Å². The molecule has 0 aromatic heterocycles. The second kappa shape index (κ2) is 22.2. The zero-order valence-electron chi connectivity index (χ0n) is 44.7. The molecular formula is C59H61BF12N2O6. The Morgan fingerprint density at radius 1 is 0.575 bits per heavy atom. The fourth-order valence-corrected chi connectivity index (χ4v) is 11.2. The molecule has 0 amide bonds. The quantitative estimate of drug-likeness (QED) is 0.0956. The topological polar surface area (TPSA) is 80.7 Å². The minimum Gasteiger partial charge on any atom is -0.489 e. The number of ether oxygens (including phenoxy) is 2. The molecule has 3 saturated heterocycles. The first kappa shape index (κ1) is 58.9. The minimum absolute atomic E-state index is 0.121. The standard InChI is InChI=1S/C30H29F6NO3.C29H32BF6NO3/c1-17(28(38)39)27(19-2-3-19)20-4-7-26-21(12-20)13-23(16-40-26)18-8-10-37(11-9-18)15-22-14-24(29(31,32)33)5-6-25(22)30(34,35)36;1-26(2)27(3,4)40-30(39-26)23-6-8-25-19(15-23)13-21(17-38-25)18-9-11-37(12-10-18)16-20-14-22(28(31,32)33)5-7-24(20)29(34,35)36/h4-7,12-14,18-19H,2-3,8-11,15-16H2,1H3,(H,38,39);5-8,13-15,18H,9-12,16-17H2,1-4H3. The molecule has 0 radical (unpaired) electrons. The molecule has 21 heteroatoms. The number of piperidine rings is 2. The molecule has 10 rings (SSSR count). The van der Waals surface area contributed by atoms with Crippen molar-refractivity contribution in [2.24, 2.45) is 17.8 Å². The highest BCUT2D eigenvalue weighted by molar-refractivity contribution is 6.62. The Balaban J connectivity index is 0.000000194. The van der Waals surface area contributed by atoms with E-state index in [1.807, 2.05) is 64.1 Å². The lowest BCUT2D eigenvalue weighted by Crippen LogP contribution is -2.41. The summed E-state index contributed by atoms with van der Waals surface area (Å²) >= 11 is 0. The van der Waals surface area contributed by atoms with Gasteiger partial charge < -0.3 is 23.9 Å². The normalized spacial score (nSPS) is 20.5. The van der Waals surface area contributed by atoms with Gasteiger partial charge in [-0.25, -0.2) is 4.79 Å². The predicted molar refractivity (Wildman–Crippen MR) is 277 cm³/mol. The monoisotopic (exact) mass is 1130 g/mol. The molecule has 80 heavy (non-hydrogen) atoms. The molecule has 4 aromatic carbocycles. The number of halogens is 12. The lowest BCUT2D eigenvalue weighted by molar-refractivity contribution is -0.142. The maximum atomic E-state index is 13.5. The molecule has 1 N–H and O–H groups in total. The Kier molecular flexibility index (Phi) is 16.3. The fraction of sp³-hybridized carbons (Fsp3) is 0.475. The van der Waals surface area contributed by atoms with Crippen molar-refractivity contribution < 1.29 is 81.4 Å². The van der Waals surface area contributed by atoms with Gasteiger partial charge in [0.05, 0.1) is 33.5 Å². The summed E-state index contributed by atoms with van der Waals surface area (Å²) in [4.78, 5) is 15.2. The van der Waals surface area contributed by atoms with Crippen molar-refractivity contribution in [3.8, 4) is 11.5 Å². The van der Waals surface area contributed by atoms with Gasteiger partial charge >= 0.3 is 37.8 Å². The minimum atomic E-state index is -4.74. The molecule has 5 heterocycles. The van der Waals surface area contributed by atoms with Crippen molar-refractivity contribution in [3.05, 3.63) is 140 Å². The number of carboxylic acid groups (broad SMARTS) is 1. The van der Waals surface area contributed by atoms with Crippen LogP contribution in [-0.4, -0.2) is 78.6 Å². The van der Waals surface area contributed by atoms with Gasteiger partial charge in [0, 0.05) is 29.8 Å². The van der Waals surface area contributed by atoms with Gasteiger partial charge in [-0.05, 0) is 223 Å². The predicted octanol–water partition coefficient (Wildman–Crippen LogP) is 14.4. The van der Waals surface area contributed by atoms with Crippen LogP contribution < -0.4 is 14.9 Å². The summed E-state index contributed by atoms with van der Waals surface area (Å²) in [6, 6.07) is 14.8. The van der Waals surface area contributed by atoms with Gasteiger partial charge in [-0.2, -0.15) is 52.7 Å². The van der Waals surface area contributed by atoms with E-state index in [1.54, 1.807) is 16.7 Å². The van der Waals surface area contributed by atoms with Crippen molar-refractivity contribution in [1.29, 1.82) is 0 Å². The first-order valence-electron chi connectivity index (χ1n) is 26.6.